The predicted molar refractivity (Wildman–Crippen MR) is 119 cm³/mol. The second kappa shape index (κ2) is 7.98. The van der Waals surface area contributed by atoms with Crippen molar-refractivity contribution in [2.45, 2.75) is 45.7 Å². The molecule has 2 unspecified atom stereocenters. The normalized spacial score (nSPS) is 16.7. The molecule has 4 rings (SSSR count). The van der Waals surface area contributed by atoms with E-state index in [4.69, 9.17) is 0 Å². The van der Waals surface area contributed by atoms with Crippen LogP contribution in [-0.4, -0.2) is 33.9 Å². The molecule has 0 saturated heterocycles. The van der Waals surface area contributed by atoms with Gasteiger partial charge in [0.05, 0.1) is 6.04 Å². The number of para-hydroxylation sites is 1. The van der Waals surface area contributed by atoms with Crippen LogP contribution in [0.3, 0.4) is 0 Å². The minimum absolute atomic E-state index is 0.0823. The SMILES string of the molecule is CCCCNC(=O)C(C)N1C(=O)c2ccccc2C1c1c(C)n(C)c2ccccc12. The van der Waals surface area contributed by atoms with Gasteiger partial charge < -0.3 is 14.8 Å². The Morgan fingerprint density at radius 2 is 1.83 bits per heavy atom. The molecule has 0 saturated carbocycles. The zero-order chi connectivity index (χ0) is 21.4. The Bertz CT molecular complexity index is 1110. The third-order valence-corrected chi connectivity index (χ3v) is 6.35. The van der Waals surface area contributed by atoms with Crippen LogP contribution in [-0.2, 0) is 11.8 Å². The first-order chi connectivity index (χ1) is 14.5. The van der Waals surface area contributed by atoms with E-state index in [0.717, 1.165) is 40.6 Å². The van der Waals surface area contributed by atoms with Crippen molar-refractivity contribution in [3.63, 3.8) is 0 Å². The first-order valence-corrected chi connectivity index (χ1v) is 10.7. The van der Waals surface area contributed by atoms with Crippen LogP contribution in [0.15, 0.2) is 48.5 Å². The third kappa shape index (κ3) is 3.09. The van der Waals surface area contributed by atoms with Crippen LogP contribution in [0.4, 0.5) is 0 Å². The van der Waals surface area contributed by atoms with Gasteiger partial charge in [-0.15, -0.1) is 0 Å². The predicted octanol–water partition coefficient (Wildman–Crippen LogP) is 4.34. The molecule has 1 aliphatic heterocycles. The molecule has 1 aromatic heterocycles. The highest BCUT2D eigenvalue weighted by Gasteiger charge is 2.43. The zero-order valence-corrected chi connectivity index (χ0v) is 18.1. The molecule has 0 bridgehead atoms. The molecule has 2 aromatic carbocycles. The van der Waals surface area contributed by atoms with Gasteiger partial charge in [-0.2, -0.15) is 0 Å². The van der Waals surface area contributed by atoms with Gasteiger partial charge in [-0.3, -0.25) is 9.59 Å². The Kier molecular flexibility index (Phi) is 5.37. The fourth-order valence-corrected chi connectivity index (χ4v) is 4.59. The number of carbonyl (C=O) groups excluding carboxylic acids is 2. The summed E-state index contributed by atoms with van der Waals surface area (Å²) >= 11 is 0. The van der Waals surface area contributed by atoms with Crippen LogP contribution in [0.2, 0.25) is 0 Å². The number of amides is 2. The third-order valence-electron chi connectivity index (χ3n) is 6.35. The summed E-state index contributed by atoms with van der Waals surface area (Å²) in [6, 6.07) is 15.1. The van der Waals surface area contributed by atoms with E-state index >= 15 is 0 Å². The number of unbranched alkanes of at least 4 members (excludes halogenated alkanes) is 1. The fourth-order valence-electron chi connectivity index (χ4n) is 4.59. The molecule has 0 radical (unpaired) electrons. The lowest BCUT2D eigenvalue weighted by molar-refractivity contribution is -0.125. The second-order valence-corrected chi connectivity index (χ2v) is 8.10. The van der Waals surface area contributed by atoms with Crippen LogP contribution in [0.5, 0.6) is 0 Å². The maximum Gasteiger partial charge on any atom is 0.255 e. The summed E-state index contributed by atoms with van der Waals surface area (Å²) in [6.07, 6.45) is 1.94. The molecule has 0 fully saturated rings. The van der Waals surface area contributed by atoms with Gasteiger partial charge in [-0.05, 0) is 38.0 Å². The number of rotatable bonds is 6. The molecular weight excluding hydrogens is 374 g/mol. The van der Waals surface area contributed by atoms with Crippen molar-refractivity contribution in [2.75, 3.05) is 6.54 Å². The van der Waals surface area contributed by atoms with Crippen molar-refractivity contribution in [1.29, 1.82) is 0 Å². The smallest absolute Gasteiger partial charge is 0.255 e. The van der Waals surface area contributed by atoms with Crippen molar-refractivity contribution >= 4 is 22.7 Å². The van der Waals surface area contributed by atoms with E-state index in [2.05, 4.69) is 42.9 Å². The number of fused-ring (bicyclic) bond motifs is 2. The number of hydrogen-bond donors (Lipinski definition) is 1. The number of aromatic nitrogens is 1. The lowest BCUT2D eigenvalue weighted by Crippen LogP contribution is -2.47. The van der Waals surface area contributed by atoms with Gasteiger partial charge in [-0.25, -0.2) is 0 Å². The van der Waals surface area contributed by atoms with Crippen LogP contribution < -0.4 is 5.32 Å². The van der Waals surface area contributed by atoms with E-state index in [-0.39, 0.29) is 17.9 Å². The summed E-state index contributed by atoms with van der Waals surface area (Å²) < 4.78 is 2.17. The Balaban J connectivity index is 1.84. The van der Waals surface area contributed by atoms with Crippen molar-refractivity contribution in [3.8, 4) is 0 Å². The summed E-state index contributed by atoms with van der Waals surface area (Å²) in [7, 11) is 2.05. The van der Waals surface area contributed by atoms with Crippen molar-refractivity contribution < 1.29 is 9.59 Å². The summed E-state index contributed by atoms with van der Waals surface area (Å²) in [5.41, 5.74) is 4.98. The number of nitrogens with zero attached hydrogens (tertiary/aromatic N) is 2. The van der Waals surface area contributed by atoms with E-state index in [1.54, 1.807) is 4.90 Å². The summed E-state index contributed by atoms with van der Waals surface area (Å²) in [6.45, 7) is 6.64. The number of carbonyl (C=O) groups is 2. The van der Waals surface area contributed by atoms with Gasteiger partial charge in [0.1, 0.15) is 6.04 Å². The minimum atomic E-state index is -0.565. The van der Waals surface area contributed by atoms with Gasteiger partial charge >= 0.3 is 0 Å². The van der Waals surface area contributed by atoms with Gasteiger partial charge in [0.25, 0.3) is 5.91 Å². The first-order valence-electron chi connectivity index (χ1n) is 10.7. The van der Waals surface area contributed by atoms with Crippen LogP contribution in [0.1, 0.15) is 59.9 Å². The van der Waals surface area contributed by atoms with Gasteiger partial charge in [0.15, 0.2) is 0 Å². The Labute approximate surface area is 177 Å². The minimum Gasteiger partial charge on any atom is -0.354 e. The molecule has 0 spiro atoms. The number of aryl methyl sites for hydroxylation is 1. The highest BCUT2D eigenvalue weighted by molar-refractivity contribution is 6.03. The van der Waals surface area contributed by atoms with Crippen molar-refractivity contribution in [3.05, 3.63) is 70.9 Å². The lowest BCUT2D eigenvalue weighted by Gasteiger charge is -2.31. The van der Waals surface area contributed by atoms with Crippen LogP contribution in [0.25, 0.3) is 10.9 Å². The number of hydrogen-bond acceptors (Lipinski definition) is 2. The van der Waals surface area contributed by atoms with Crippen LogP contribution in [0, 0.1) is 6.92 Å². The number of benzene rings is 2. The van der Waals surface area contributed by atoms with Gasteiger partial charge in [-0.1, -0.05) is 49.7 Å². The summed E-state index contributed by atoms with van der Waals surface area (Å²) in [5, 5.41) is 4.12. The lowest BCUT2D eigenvalue weighted by atomic mass is 9.95. The maximum atomic E-state index is 13.4. The first kappa shape index (κ1) is 20.2. The molecule has 30 heavy (non-hydrogen) atoms. The van der Waals surface area contributed by atoms with Crippen molar-refractivity contribution in [1.82, 2.24) is 14.8 Å². The topological polar surface area (TPSA) is 54.3 Å². The summed E-state index contributed by atoms with van der Waals surface area (Å²) in [5.74, 6) is -0.187. The molecule has 3 aromatic rings. The zero-order valence-electron chi connectivity index (χ0n) is 18.1. The molecular formula is C25H29N3O2. The fraction of sp³-hybridized carbons (Fsp3) is 0.360. The van der Waals surface area contributed by atoms with Gasteiger partial charge in [0, 0.05) is 41.3 Å². The van der Waals surface area contributed by atoms with E-state index in [1.807, 2.05) is 43.3 Å². The Morgan fingerprint density at radius 3 is 2.60 bits per heavy atom. The van der Waals surface area contributed by atoms with E-state index in [9.17, 15) is 9.59 Å². The molecule has 1 N–H and O–H groups in total. The quantitative estimate of drug-likeness (QED) is 0.623. The van der Waals surface area contributed by atoms with E-state index in [0.29, 0.717) is 12.1 Å². The average molecular weight is 404 g/mol. The molecule has 1 aliphatic rings. The Morgan fingerprint density at radius 1 is 1.13 bits per heavy atom. The Hall–Kier alpha value is -3.08. The monoisotopic (exact) mass is 403 g/mol. The molecule has 2 atom stereocenters. The molecule has 2 heterocycles. The van der Waals surface area contributed by atoms with E-state index < -0.39 is 6.04 Å². The molecule has 5 nitrogen and oxygen atoms in total. The average Bonchev–Trinajstić information content (AvgIpc) is 3.19. The molecule has 2 amide bonds. The highest BCUT2D eigenvalue weighted by Crippen LogP contribution is 2.44. The molecule has 0 aliphatic carbocycles. The largest absolute Gasteiger partial charge is 0.354 e. The maximum absolute atomic E-state index is 13.4. The highest BCUT2D eigenvalue weighted by atomic mass is 16.2. The number of nitrogens with one attached hydrogen (secondary N) is 1. The summed E-state index contributed by atoms with van der Waals surface area (Å²) in [4.78, 5) is 28.1. The van der Waals surface area contributed by atoms with E-state index in [1.165, 1.54) is 0 Å². The second-order valence-electron chi connectivity index (χ2n) is 8.10. The molecule has 5 heteroatoms. The molecule has 156 valence electrons. The van der Waals surface area contributed by atoms with Gasteiger partial charge in [0.2, 0.25) is 5.91 Å². The standard InChI is InChI=1S/C25H29N3O2/c1-5-6-15-26-24(29)17(3)28-23(18-11-7-8-12-19(18)25(28)30)22-16(2)27(4)21-14-10-9-13-20(21)22/h7-14,17,23H,5-6,15H2,1-4H3,(H,26,29). The van der Waals surface area contributed by atoms with Crippen molar-refractivity contribution in [2.24, 2.45) is 7.05 Å². The van der Waals surface area contributed by atoms with Crippen LogP contribution >= 0.6 is 0 Å².